The molecule has 1 aliphatic heterocycles. The maximum Gasteiger partial charge on any atom is 0.125 e. The minimum atomic E-state index is 0.425. The van der Waals surface area contributed by atoms with Gasteiger partial charge < -0.3 is 9.47 Å². The third-order valence-electron chi connectivity index (χ3n) is 3.92. The highest BCUT2D eigenvalue weighted by atomic mass is 16.6. The lowest BCUT2D eigenvalue weighted by atomic mass is 9.93. The second kappa shape index (κ2) is 6.17. The summed E-state index contributed by atoms with van der Waals surface area (Å²) in [6, 6.07) is 4.48. The second-order valence-electron chi connectivity index (χ2n) is 6.76. The van der Waals surface area contributed by atoms with E-state index >= 15 is 0 Å². The first-order valence-electron chi connectivity index (χ1n) is 7.77. The second-order valence-corrected chi connectivity index (χ2v) is 6.76. The van der Waals surface area contributed by atoms with Gasteiger partial charge >= 0.3 is 0 Å². The molecule has 0 saturated carbocycles. The number of hydrogen-bond acceptors (Lipinski definition) is 2. The van der Waals surface area contributed by atoms with E-state index in [1.54, 1.807) is 0 Å². The summed E-state index contributed by atoms with van der Waals surface area (Å²) in [5.74, 6) is 2.19. The maximum absolute atomic E-state index is 6.07. The van der Waals surface area contributed by atoms with Crippen molar-refractivity contribution in [3.8, 4) is 5.75 Å². The number of epoxide rings is 1. The molecule has 3 unspecified atom stereocenters. The summed E-state index contributed by atoms with van der Waals surface area (Å²) in [6.45, 7) is 13.9. The lowest BCUT2D eigenvalue weighted by molar-refractivity contribution is 0.264. The van der Waals surface area contributed by atoms with Gasteiger partial charge in [-0.05, 0) is 50.2 Å². The van der Waals surface area contributed by atoms with Crippen molar-refractivity contribution < 1.29 is 9.47 Å². The third-order valence-corrected chi connectivity index (χ3v) is 3.92. The fourth-order valence-corrected chi connectivity index (χ4v) is 2.91. The Bertz CT molecular complexity index is 465. The monoisotopic (exact) mass is 276 g/mol. The Morgan fingerprint density at radius 3 is 2.40 bits per heavy atom. The molecular formula is C18H28O2. The van der Waals surface area contributed by atoms with Crippen LogP contribution >= 0.6 is 0 Å². The van der Waals surface area contributed by atoms with E-state index in [0.717, 1.165) is 18.8 Å². The summed E-state index contributed by atoms with van der Waals surface area (Å²) in [7, 11) is 0. The largest absolute Gasteiger partial charge is 0.493 e. The molecule has 2 heteroatoms. The van der Waals surface area contributed by atoms with Gasteiger partial charge in [0, 0.05) is 0 Å². The van der Waals surface area contributed by atoms with Crippen LogP contribution in [0.2, 0.25) is 0 Å². The Morgan fingerprint density at radius 1 is 1.20 bits per heavy atom. The van der Waals surface area contributed by atoms with Gasteiger partial charge in [0.15, 0.2) is 0 Å². The minimum Gasteiger partial charge on any atom is -0.493 e. The average molecular weight is 276 g/mol. The zero-order valence-corrected chi connectivity index (χ0v) is 13.7. The maximum atomic E-state index is 6.07. The number of hydrogen-bond donors (Lipinski definition) is 0. The van der Waals surface area contributed by atoms with E-state index in [0.29, 0.717) is 24.0 Å². The van der Waals surface area contributed by atoms with Crippen molar-refractivity contribution in [1.82, 2.24) is 0 Å². The molecule has 0 amide bonds. The van der Waals surface area contributed by atoms with E-state index in [1.165, 1.54) is 16.7 Å². The van der Waals surface area contributed by atoms with Crippen LogP contribution in [0.5, 0.6) is 5.75 Å². The number of aryl methyl sites for hydroxylation is 2. The van der Waals surface area contributed by atoms with Crippen molar-refractivity contribution >= 4 is 0 Å². The molecule has 0 bridgehead atoms. The van der Waals surface area contributed by atoms with Gasteiger partial charge in [0.2, 0.25) is 0 Å². The predicted octanol–water partition coefficient (Wildman–Crippen LogP) is 4.30. The molecule has 112 valence electrons. The third kappa shape index (κ3) is 3.76. The van der Waals surface area contributed by atoms with Gasteiger partial charge in [0.05, 0.1) is 18.8 Å². The van der Waals surface area contributed by atoms with E-state index in [2.05, 4.69) is 53.7 Å². The van der Waals surface area contributed by atoms with Crippen LogP contribution in [-0.4, -0.2) is 18.8 Å². The summed E-state index contributed by atoms with van der Waals surface area (Å²) >= 11 is 0. The van der Waals surface area contributed by atoms with Crippen molar-refractivity contribution in [3.05, 3.63) is 28.8 Å². The van der Waals surface area contributed by atoms with Crippen LogP contribution < -0.4 is 4.74 Å². The van der Waals surface area contributed by atoms with Gasteiger partial charge in [0.25, 0.3) is 0 Å². The van der Waals surface area contributed by atoms with Crippen LogP contribution in [0, 0.1) is 25.7 Å². The molecule has 0 N–H and O–H groups in total. The Morgan fingerprint density at radius 2 is 1.85 bits per heavy atom. The van der Waals surface area contributed by atoms with Crippen molar-refractivity contribution in [3.63, 3.8) is 0 Å². The first kappa shape index (κ1) is 15.4. The molecule has 2 rings (SSSR count). The molecular weight excluding hydrogens is 248 g/mol. The minimum absolute atomic E-state index is 0.425. The molecule has 0 aliphatic carbocycles. The van der Waals surface area contributed by atoms with E-state index in [9.17, 15) is 0 Å². The molecule has 20 heavy (non-hydrogen) atoms. The highest BCUT2D eigenvalue weighted by Crippen LogP contribution is 2.34. The number of rotatable bonds is 6. The van der Waals surface area contributed by atoms with E-state index in [-0.39, 0.29) is 0 Å². The Balaban J connectivity index is 2.16. The fraction of sp³-hybridized carbons (Fsp3) is 0.667. The van der Waals surface area contributed by atoms with Crippen LogP contribution in [-0.2, 0) is 11.2 Å². The van der Waals surface area contributed by atoms with E-state index < -0.39 is 0 Å². The summed E-state index contributed by atoms with van der Waals surface area (Å²) < 4.78 is 11.7. The number of benzene rings is 1. The van der Waals surface area contributed by atoms with Gasteiger partial charge in [-0.1, -0.05) is 38.5 Å². The molecule has 3 atom stereocenters. The smallest absolute Gasteiger partial charge is 0.125 e. The van der Waals surface area contributed by atoms with Gasteiger partial charge in [-0.2, -0.15) is 0 Å². The standard InChI is InChI=1S/C18H28O2/c1-11(2)10-19-18-13(4)7-12(3)8-16(18)9-14(5)17-15(6)20-17/h7-8,11,14-15,17H,9-10H2,1-6H3. The fourth-order valence-electron chi connectivity index (χ4n) is 2.91. The van der Waals surface area contributed by atoms with Crippen LogP contribution in [0.15, 0.2) is 12.1 Å². The molecule has 1 aromatic rings. The summed E-state index contributed by atoms with van der Waals surface area (Å²) in [5, 5.41) is 0. The Hall–Kier alpha value is -1.02. The SMILES string of the molecule is Cc1cc(C)c(OCC(C)C)c(CC(C)C2OC2C)c1. The van der Waals surface area contributed by atoms with E-state index in [1.807, 2.05) is 0 Å². The summed E-state index contributed by atoms with van der Waals surface area (Å²) in [4.78, 5) is 0. The normalized spacial score (nSPS) is 22.9. The van der Waals surface area contributed by atoms with Gasteiger partial charge in [-0.3, -0.25) is 0 Å². The van der Waals surface area contributed by atoms with Crippen molar-refractivity contribution in [2.24, 2.45) is 11.8 Å². The molecule has 0 radical (unpaired) electrons. The van der Waals surface area contributed by atoms with Gasteiger partial charge in [0.1, 0.15) is 5.75 Å². The van der Waals surface area contributed by atoms with Crippen LogP contribution in [0.3, 0.4) is 0 Å². The van der Waals surface area contributed by atoms with Crippen molar-refractivity contribution in [2.75, 3.05) is 6.61 Å². The zero-order valence-electron chi connectivity index (χ0n) is 13.7. The summed E-state index contributed by atoms with van der Waals surface area (Å²) in [6.07, 6.45) is 1.88. The van der Waals surface area contributed by atoms with Crippen molar-refractivity contribution in [2.45, 2.75) is 60.2 Å². The zero-order chi connectivity index (χ0) is 14.9. The van der Waals surface area contributed by atoms with E-state index in [4.69, 9.17) is 9.47 Å². The molecule has 1 saturated heterocycles. The Labute approximate surface area is 123 Å². The van der Waals surface area contributed by atoms with Crippen LogP contribution in [0.1, 0.15) is 44.4 Å². The van der Waals surface area contributed by atoms with Gasteiger partial charge in [-0.15, -0.1) is 0 Å². The molecule has 1 fully saturated rings. The van der Waals surface area contributed by atoms with Crippen LogP contribution in [0.4, 0.5) is 0 Å². The molecule has 1 aliphatic rings. The lowest BCUT2D eigenvalue weighted by Gasteiger charge is -2.18. The van der Waals surface area contributed by atoms with Crippen molar-refractivity contribution in [1.29, 1.82) is 0 Å². The van der Waals surface area contributed by atoms with Crippen LogP contribution in [0.25, 0.3) is 0 Å². The average Bonchev–Trinajstić information content (AvgIpc) is 3.04. The molecule has 0 spiro atoms. The first-order chi connectivity index (χ1) is 9.38. The molecule has 0 aromatic heterocycles. The number of ether oxygens (including phenoxy) is 2. The topological polar surface area (TPSA) is 21.8 Å². The van der Waals surface area contributed by atoms with Gasteiger partial charge in [-0.25, -0.2) is 0 Å². The Kier molecular flexibility index (Phi) is 4.74. The molecule has 1 heterocycles. The quantitative estimate of drug-likeness (QED) is 0.722. The highest BCUT2D eigenvalue weighted by molar-refractivity contribution is 5.44. The first-order valence-corrected chi connectivity index (χ1v) is 7.77. The summed E-state index contributed by atoms with van der Waals surface area (Å²) in [5.41, 5.74) is 3.89. The predicted molar refractivity (Wildman–Crippen MR) is 83.5 cm³/mol. The lowest BCUT2D eigenvalue weighted by Crippen LogP contribution is -2.12. The highest BCUT2D eigenvalue weighted by Gasteiger charge is 2.39. The molecule has 1 aromatic carbocycles. The molecule has 2 nitrogen and oxygen atoms in total.